The van der Waals surface area contributed by atoms with Gasteiger partial charge in [-0.1, -0.05) is 12.1 Å². The Kier molecular flexibility index (Phi) is 5.10. The van der Waals surface area contributed by atoms with Crippen LogP contribution >= 0.6 is 0 Å². The van der Waals surface area contributed by atoms with E-state index in [2.05, 4.69) is 15.3 Å². The molecular formula is C22H20N4O2. The average Bonchev–Trinajstić information content (AvgIpc) is 3.27. The molecule has 0 unspecified atom stereocenters. The van der Waals surface area contributed by atoms with Crippen molar-refractivity contribution in [2.45, 2.75) is 12.8 Å². The minimum atomic E-state index is -0.270. The fraction of sp³-hybridized carbons (Fsp3) is 0.182. The summed E-state index contributed by atoms with van der Waals surface area (Å²) in [5.41, 5.74) is 3.48. The van der Waals surface area contributed by atoms with E-state index >= 15 is 0 Å². The van der Waals surface area contributed by atoms with Crippen molar-refractivity contribution in [1.82, 2.24) is 14.9 Å². The lowest BCUT2D eigenvalue weighted by atomic mass is 10.2. The molecule has 140 valence electrons. The quantitative estimate of drug-likeness (QED) is 0.711. The molecule has 6 nitrogen and oxygen atoms in total. The molecule has 3 aromatic rings. The number of benzene rings is 2. The number of rotatable bonds is 4. The molecule has 2 amide bonds. The van der Waals surface area contributed by atoms with Gasteiger partial charge >= 0.3 is 0 Å². The van der Waals surface area contributed by atoms with E-state index in [0.29, 0.717) is 16.9 Å². The van der Waals surface area contributed by atoms with Crippen molar-refractivity contribution in [2.75, 3.05) is 18.4 Å². The van der Waals surface area contributed by atoms with Gasteiger partial charge in [-0.2, -0.15) is 0 Å². The van der Waals surface area contributed by atoms with Crippen LogP contribution in [0.15, 0.2) is 60.8 Å². The molecule has 2 heterocycles. The maximum absolute atomic E-state index is 12.3. The molecule has 2 aromatic carbocycles. The molecule has 1 saturated heterocycles. The second-order valence-corrected chi connectivity index (χ2v) is 6.68. The molecular weight excluding hydrogens is 352 g/mol. The summed E-state index contributed by atoms with van der Waals surface area (Å²) >= 11 is 0. The molecule has 0 atom stereocenters. The third-order valence-electron chi connectivity index (χ3n) is 4.67. The number of carbonyl (C=O) groups excluding carboxylic acids is 2. The summed E-state index contributed by atoms with van der Waals surface area (Å²) in [6, 6.07) is 14.5. The Morgan fingerprint density at radius 1 is 0.964 bits per heavy atom. The molecule has 0 radical (unpaired) electrons. The monoisotopic (exact) mass is 372 g/mol. The van der Waals surface area contributed by atoms with Crippen molar-refractivity contribution in [1.29, 1.82) is 0 Å². The number of aromatic nitrogens is 2. The SMILES string of the molecule is O=C(/C=C/c1cnc2ccccc2n1)Nc1ccc(C(=O)N2CCCC2)cc1. The lowest BCUT2D eigenvalue weighted by Crippen LogP contribution is -2.27. The lowest BCUT2D eigenvalue weighted by Gasteiger charge is -2.15. The van der Waals surface area contributed by atoms with Crippen molar-refractivity contribution in [3.05, 3.63) is 72.1 Å². The van der Waals surface area contributed by atoms with Crippen LogP contribution in [-0.2, 0) is 4.79 Å². The number of nitrogens with one attached hydrogen (secondary N) is 1. The van der Waals surface area contributed by atoms with Crippen LogP contribution in [-0.4, -0.2) is 39.8 Å². The molecule has 0 aliphatic carbocycles. The number of anilines is 1. The van der Waals surface area contributed by atoms with E-state index in [1.807, 2.05) is 29.2 Å². The van der Waals surface area contributed by atoms with Crippen molar-refractivity contribution in [2.24, 2.45) is 0 Å². The Bertz CT molecular complexity index is 1040. The van der Waals surface area contributed by atoms with Gasteiger partial charge < -0.3 is 10.2 Å². The molecule has 0 spiro atoms. The molecule has 4 rings (SSSR count). The topological polar surface area (TPSA) is 75.2 Å². The van der Waals surface area contributed by atoms with E-state index < -0.39 is 0 Å². The first kappa shape index (κ1) is 17.9. The van der Waals surface area contributed by atoms with Gasteiger partial charge in [0.2, 0.25) is 5.91 Å². The first-order valence-corrected chi connectivity index (χ1v) is 9.29. The van der Waals surface area contributed by atoms with Crippen molar-refractivity contribution in [3.8, 4) is 0 Å². The zero-order valence-electron chi connectivity index (χ0n) is 15.3. The predicted molar refractivity (Wildman–Crippen MR) is 109 cm³/mol. The van der Waals surface area contributed by atoms with Gasteiger partial charge in [-0.05, 0) is 55.3 Å². The highest BCUT2D eigenvalue weighted by Gasteiger charge is 2.19. The predicted octanol–water partition coefficient (Wildman–Crippen LogP) is 3.52. The van der Waals surface area contributed by atoms with E-state index in [1.54, 1.807) is 36.5 Å². The number of likely N-dealkylation sites (tertiary alicyclic amines) is 1. The van der Waals surface area contributed by atoms with Crippen molar-refractivity contribution < 1.29 is 9.59 Å². The van der Waals surface area contributed by atoms with E-state index in [4.69, 9.17) is 0 Å². The Balaban J connectivity index is 1.38. The second-order valence-electron chi connectivity index (χ2n) is 6.68. The minimum absolute atomic E-state index is 0.0464. The highest BCUT2D eigenvalue weighted by molar-refractivity contribution is 6.02. The summed E-state index contributed by atoms with van der Waals surface area (Å²) in [5.74, 6) is -0.223. The lowest BCUT2D eigenvalue weighted by molar-refractivity contribution is -0.111. The van der Waals surface area contributed by atoms with Crippen LogP contribution in [0, 0.1) is 0 Å². The third kappa shape index (κ3) is 4.06. The number of hydrogen-bond acceptors (Lipinski definition) is 4. The molecule has 1 aliphatic rings. The van der Waals surface area contributed by atoms with E-state index in [0.717, 1.165) is 37.0 Å². The van der Waals surface area contributed by atoms with Gasteiger partial charge in [-0.3, -0.25) is 14.6 Å². The van der Waals surface area contributed by atoms with Gasteiger partial charge in [0.15, 0.2) is 0 Å². The minimum Gasteiger partial charge on any atom is -0.339 e. The van der Waals surface area contributed by atoms with Crippen LogP contribution in [0.25, 0.3) is 17.1 Å². The smallest absolute Gasteiger partial charge is 0.253 e. The Morgan fingerprint density at radius 3 is 2.43 bits per heavy atom. The van der Waals surface area contributed by atoms with Gasteiger partial charge in [-0.25, -0.2) is 4.98 Å². The van der Waals surface area contributed by atoms with Crippen molar-refractivity contribution >= 4 is 34.6 Å². The average molecular weight is 372 g/mol. The highest BCUT2D eigenvalue weighted by Crippen LogP contribution is 2.15. The van der Waals surface area contributed by atoms with E-state index in [-0.39, 0.29) is 11.8 Å². The van der Waals surface area contributed by atoms with Gasteiger partial charge in [0.05, 0.1) is 22.9 Å². The fourth-order valence-corrected chi connectivity index (χ4v) is 3.20. The normalized spacial score (nSPS) is 13.9. The maximum Gasteiger partial charge on any atom is 0.253 e. The number of para-hydroxylation sites is 2. The van der Waals surface area contributed by atoms with Gasteiger partial charge in [0.25, 0.3) is 5.91 Å². The largest absolute Gasteiger partial charge is 0.339 e. The summed E-state index contributed by atoms with van der Waals surface area (Å²) in [5, 5.41) is 2.79. The van der Waals surface area contributed by atoms with Gasteiger partial charge in [0, 0.05) is 30.4 Å². The third-order valence-corrected chi connectivity index (χ3v) is 4.67. The summed E-state index contributed by atoms with van der Waals surface area (Å²) in [6.07, 6.45) is 6.80. The van der Waals surface area contributed by atoms with Crippen LogP contribution < -0.4 is 5.32 Å². The molecule has 0 saturated carbocycles. The second kappa shape index (κ2) is 8.00. The van der Waals surface area contributed by atoms with Crippen molar-refractivity contribution in [3.63, 3.8) is 0 Å². The fourth-order valence-electron chi connectivity index (χ4n) is 3.20. The first-order valence-electron chi connectivity index (χ1n) is 9.29. The van der Waals surface area contributed by atoms with E-state index in [9.17, 15) is 9.59 Å². The first-order chi connectivity index (χ1) is 13.7. The highest BCUT2D eigenvalue weighted by atomic mass is 16.2. The van der Waals surface area contributed by atoms with Crippen LogP contribution in [0.3, 0.4) is 0 Å². The molecule has 1 N–H and O–H groups in total. The van der Waals surface area contributed by atoms with E-state index in [1.165, 1.54) is 6.08 Å². The standard InChI is InChI=1S/C22H20N4O2/c27-21(12-11-18-15-23-19-5-1-2-6-20(19)24-18)25-17-9-7-16(8-10-17)22(28)26-13-3-4-14-26/h1-2,5-12,15H,3-4,13-14H2,(H,25,27)/b12-11+. The number of fused-ring (bicyclic) bond motifs is 1. The van der Waals surface area contributed by atoms with Gasteiger partial charge in [0.1, 0.15) is 0 Å². The van der Waals surface area contributed by atoms with Crippen LogP contribution in [0.2, 0.25) is 0 Å². The number of nitrogens with zero attached hydrogens (tertiary/aromatic N) is 3. The Labute approximate surface area is 162 Å². The molecule has 1 aliphatic heterocycles. The summed E-state index contributed by atoms with van der Waals surface area (Å²) < 4.78 is 0. The summed E-state index contributed by atoms with van der Waals surface area (Å²) in [7, 11) is 0. The molecule has 1 fully saturated rings. The summed E-state index contributed by atoms with van der Waals surface area (Å²) in [6.45, 7) is 1.64. The maximum atomic E-state index is 12.3. The van der Waals surface area contributed by atoms with Gasteiger partial charge in [-0.15, -0.1) is 0 Å². The number of hydrogen-bond donors (Lipinski definition) is 1. The number of carbonyl (C=O) groups is 2. The molecule has 6 heteroatoms. The van der Waals surface area contributed by atoms with Crippen LogP contribution in [0.4, 0.5) is 5.69 Å². The zero-order chi connectivity index (χ0) is 19.3. The van der Waals surface area contributed by atoms with Crippen LogP contribution in [0.5, 0.6) is 0 Å². The van der Waals surface area contributed by atoms with Crippen LogP contribution in [0.1, 0.15) is 28.9 Å². The molecule has 0 bridgehead atoms. The molecule has 1 aromatic heterocycles. The Morgan fingerprint density at radius 2 is 1.68 bits per heavy atom. The molecule has 28 heavy (non-hydrogen) atoms. The summed E-state index contributed by atoms with van der Waals surface area (Å²) in [4.78, 5) is 35.1. The number of amides is 2. The Hall–Kier alpha value is -3.54. The zero-order valence-corrected chi connectivity index (χ0v) is 15.3.